The number of aromatic hydroxyl groups is 1. The minimum atomic E-state index is -0.156. The zero-order chi connectivity index (χ0) is 22.9. The second-order valence-corrected chi connectivity index (χ2v) is 8.66. The first kappa shape index (κ1) is 21.8. The van der Waals surface area contributed by atoms with Gasteiger partial charge in [-0.3, -0.25) is 0 Å². The second-order valence-electron chi connectivity index (χ2n) is 8.66. The van der Waals surface area contributed by atoms with Crippen molar-refractivity contribution in [2.75, 3.05) is 12.4 Å². The number of aliphatic hydroxyl groups is 1. The molecular weight excluding hydrogens is 402 g/mol. The zero-order valence-electron chi connectivity index (χ0n) is 18.9. The fraction of sp³-hybridized carbons (Fsp3) is 0.259. The smallest absolute Gasteiger partial charge is 0.127 e. The molecule has 0 fully saturated rings. The van der Waals surface area contributed by atoms with Crippen LogP contribution in [-0.4, -0.2) is 22.9 Å². The van der Waals surface area contributed by atoms with Gasteiger partial charge in [0, 0.05) is 22.9 Å². The third-order valence-corrected chi connectivity index (χ3v) is 5.72. The lowest BCUT2D eigenvalue weighted by molar-refractivity contribution is 0.282. The Balaban J connectivity index is 1.61. The second kappa shape index (κ2) is 8.60. The van der Waals surface area contributed by atoms with Crippen LogP contribution in [0.5, 0.6) is 17.2 Å². The molecular formula is C27H29NO4. The van der Waals surface area contributed by atoms with E-state index < -0.39 is 0 Å². The van der Waals surface area contributed by atoms with Gasteiger partial charge in [-0.15, -0.1) is 0 Å². The standard InChI is InChI=1S/C27H29NO4/c1-17-14-27(2,3)28-24-12-11-21(23(15-29)26(17)24)22-10-9-20(13-25(22)30)32-16-18-5-7-19(31-4)8-6-18/h5-14,28-30H,15-16H2,1-4H3. The average molecular weight is 432 g/mol. The van der Waals surface area contributed by atoms with E-state index in [1.165, 1.54) is 0 Å². The molecule has 3 aromatic carbocycles. The number of hydrogen-bond donors (Lipinski definition) is 3. The highest BCUT2D eigenvalue weighted by atomic mass is 16.5. The Morgan fingerprint density at radius 3 is 2.28 bits per heavy atom. The van der Waals surface area contributed by atoms with Crippen LogP contribution < -0.4 is 14.8 Å². The third-order valence-electron chi connectivity index (χ3n) is 5.72. The summed E-state index contributed by atoms with van der Waals surface area (Å²) in [6, 6.07) is 16.9. The van der Waals surface area contributed by atoms with E-state index >= 15 is 0 Å². The van der Waals surface area contributed by atoms with Gasteiger partial charge in [0.05, 0.1) is 19.3 Å². The number of aliphatic hydroxyl groups excluding tert-OH is 1. The van der Waals surface area contributed by atoms with Crippen LogP contribution >= 0.6 is 0 Å². The van der Waals surface area contributed by atoms with E-state index in [2.05, 4.69) is 32.2 Å². The van der Waals surface area contributed by atoms with Gasteiger partial charge in [-0.25, -0.2) is 0 Å². The maximum atomic E-state index is 10.8. The molecule has 166 valence electrons. The predicted molar refractivity (Wildman–Crippen MR) is 128 cm³/mol. The number of benzene rings is 3. The Kier molecular flexibility index (Phi) is 5.85. The number of hydrogen-bond acceptors (Lipinski definition) is 5. The Morgan fingerprint density at radius 2 is 1.62 bits per heavy atom. The topological polar surface area (TPSA) is 71.0 Å². The van der Waals surface area contributed by atoms with Crippen molar-refractivity contribution >= 4 is 11.3 Å². The number of rotatable bonds is 6. The minimum absolute atomic E-state index is 0.109. The first-order valence-electron chi connectivity index (χ1n) is 10.6. The van der Waals surface area contributed by atoms with Crippen molar-refractivity contribution < 1.29 is 19.7 Å². The van der Waals surface area contributed by atoms with Gasteiger partial charge < -0.3 is 25.0 Å². The van der Waals surface area contributed by atoms with Crippen molar-refractivity contribution in [2.24, 2.45) is 0 Å². The van der Waals surface area contributed by atoms with Crippen LogP contribution in [0.1, 0.15) is 37.5 Å². The molecule has 3 aromatic rings. The predicted octanol–water partition coefficient (Wildman–Crippen LogP) is 5.75. The van der Waals surface area contributed by atoms with Crippen molar-refractivity contribution in [1.82, 2.24) is 0 Å². The first-order chi connectivity index (χ1) is 15.3. The summed E-state index contributed by atoms with van der Waals surface area (Å²) >= 11 is 0. The molecule has 32 heavy (non-hydrogen) atoms. The maximum absolute atomic E-state index is 10.8. The monoisotopic (exact) mass is 431 g/mol. The third kappa shape index (κ3) is 4.30. The highest BCUT2D eigenvalue weighted by molar-refractivity contribution is 5.88. The minimum Gasteiger partial charge on any atom is -0.507 e. The number of methoxy groups -OCH3 is 1. The molecule has 0 aromatic heterocycles. The first-order valence-corrected chi connectivity index (χ1v) is 10.6. The normalized spacial score (nSPS) is 14.2. The Bertz CT molecular complexity index is 1160. The van der Waals surface area contributed by atoms with Gasteiger partial charge in [0.15, 0.2) is 0 Å². The van der Waals surface area contributed by atoms with Crippen molar-refractivity contribution in [3.05, 3.63) is 77.4 Å². The number of nitrogens with one attached hydrogen (secondary N) is 1. The number of allylic oxidation sites excluding steroid dienone is 1. The molecule has 1 aliphatic rings. The molecule has 0 unspecified atom stereocenters. The van der Waals surface area contributed by atoms with Crippen molar-refractivity contribution in [1.29, 1.82) is 0 Å². The molecule has 1 aliphatic heterocycles. The highest BCUT2D eigenvalue weighted by Gasteiger charge is 2.26. The fourth-order valence-corrected chi connectivity index (χ4v) is 4.33. The van der Waals surface area contributed by atoms with Gasteiger partial charge in [-0.1, -0.05) is 24.3 Å². The number of phenols is 1. The largest absolute Gasteiger partial charge is 0.507 e. The summed E-state index contributed by atoms with van der Waals surface area (Å²) in [5.74, 6) is 1.48. The molecule has 3 N–H and O–H groups in total. The van der Waals surface area contributed by atoms with Gasteiger partial charge in [0.2, 0.25) is 0 Å². The lowest BCUT2D eigenvalue weighted by Crippen LogP contribution is -2.31. The molecule has 0 radical (unpaired) electrons. The van der Waals surface area contributed by atoms with E-state index in [0.717, 1.165) is 39.3 Å². The number of fused-ring (bicyclic) bond motifs is 1. The molecule has 0 saturated heterocycles. The highest BCUT2D eigenvalue weighted by Crippen LogP contribution is 2.42. The van der Waals surface area contributed by atoms with Gasteiger partial charge >= 0.3 is 0 Å². The van der Waals surface area contributed by atoms with Crippen LogP contribution in [0, 0.1) is 0 Å². The van der Waals surface area contributed by atoms with Gasteiger partial charge in [0.25, 0.3) is 0 Å². The molecule has 0 bridgehead atoms. The van der Waals surface area contributed by atoms with E-state index in [1.54, 1.807) is 13.2 Å². The van der Waals surface area contributed by atoms with Crippen LogP contribution in [0.25, 0.3) is 16.7 Å². The summed E-state index contributed by atoms with van der Waals surface area (Å²) in [4.78, 5) is 0. The molecule has 0 atom stereocenters. The van der Waals surface area contributed by atoms with E-state index in [0.29, 0.717) is 17.9 Å². The van der Waals surface area contributed by atoms with Crippen LogP contribution in [0.4, 0.5) is 5.69 Å². The fourth-order valence-electron chi connectivity index (χ4n) is 4.33. The summed E-state index contributed by atoms with van der Waals surface area (Å²) < 4.78 is 11.0. The maximum Gasteiger partial charge on any atom is 0.127 e. The van der Waals surface area contributed by atoms with Crippen LogP contribution in [-0.2, 0) is 13.2 Å². The molecule has 0 saturated carbocycles. The molecule has 5 nitrogen and oxygen atoms in total. The Labute approximate surface area is 189 Å². The van der Waals surface area contributed by atoms with Gasteiger partial charge in [0.1, 0.15) is 23.9 Å². The molecule has 4 rings (SSSR count). The number of ether oxygens (including phenoxy) is 2. The van der Waals surface area contributed by atoms with E-state index in [1.807, 2.05) is 48.5 Å². The number of anilines is 1. The lowest BCUT2D eigenvalue weighted by atomic mass is 9.85. The number of phenolic OH excluding ortho intramolecular Hbond substituents is 1. The summed E-state index contributed by atoms with van der Waals surface area (Å²) in [6.45, 7) is 6.54. The van der Waals surface area contributed by atoms with Crippen molar-refractivity contribution in [3.8, 4) is 28.4 Å². The molecule has 1 heterocycles. The molecule has 0 amide bonds. The summed E-state index contributed by atoms with van der Waals surface area (Å²) in [5, 5.41) is 24.5. The molecule has 0 aliphatic carbocycles. The van der Waals surface area contributed by atoms with Gasteiger partial charge in [-0.05, 0) is 73.4 Å². The van der Waals surface area contributed by atoms with Crippen molar-refractivity contribution in [2.45, 2.75) is 39.5 Å². The SMILES string of the molecule is COc1ccc(COc2ccc(-c3ccc4c(c3CO)C(C)=CC(C)(C)N4)c(O)c2)cc1. The van der Waals surface area contributed by atoms with Crippen LogP contribution in [0.3, 0.4) is 0 Å². The van der Waals surface area contributed by atoms with E-state index in [-0.39, 0.29) is 17.9 Å². The average Bonchev–Trinajstić information content (AvgIpc) is 2.76. The Morgan fingerprint density at radius 1 is 0.938 bits per heavy atom. The Hall–Kier alpha value is -3.44. The summed E-state index contributed by atoms with van der Waals surface area (Å²) in [7, 11) is 1.63. The van der Waals surface area contributed by atoms with Crippen LogP contribution in [0.15, 0.2) is 60.7 Å². The molecule has 0 spiro atoms. The zero-order valence-corrected chi connectivity index (χ0v) is 18.9. The summed E-state index contributed by atoms with van der Waals surface area (Å²) in [6.07, 6.45) is 2.16. The van der Waals surface area contributed by atoms with Crippen molar-refractivity contribution in [3.63, 3.8) is 0 Å². The van der Waals surface area contributed by atoms with E-state index in [9.17, 15) is 10.2 Å². The quantitative estimate of drug-likeness (QED) is 0.464. The van der Waals surface area contributed by atoms with E-state index in [4.69, 9.17) is 9.47 Å². The summed E-state index contributed by atoms with van der Waals surface area (Å²) in [5.41, 5.74) is 6.19. The molecule has 5 heteroatoms. The van der Waals surface area contributed by atoms with Gasteiger partial charge in [-0.2, -0.15) is 0 Å². The van der Waals surface area contributed by atoms with Crippen LogP contribution in [0.2, 0.25) is 0 Å². The lowest BCUT2D eigenvalue weighted by Gasteiger charge is -2.33.